The average Bonchev–Trinajstić information content (AvgIpc) is 2.89. The lowest BCUT2D eigenvalue weighted by atomic mass is 10.0. The van der Waals surface area contributed by atoms with E-state index in [0.717, 1.165) is 37.1 Å². The Kier molecular flexibility index (Phi) is 4.04. The Morgan fingerprint density at radius 2 is 2.47 bits per heavy atom. The lowest BCUT2D eigenvalue weighted by molar-refractivity contribution is 0.0784. The molecule has 1 aliphatic rings. The van der Waals surface area contributed by atoms with Crippen LogP contribution in [0.15, 0.2) is 0 Å². The number of hydrogen-bond donors (Lipinski definition) is 2. The standard InChI is InChI=1S/C11H19ClN4O/c1-7-8(11(12)16(2)15-7)6-9(14-13)10-4-3-5-17-10/h9-10,14H,3-6,13H2,1-2H3. The molecule has 6 heteroatoms. The Bertz CT molecular complexity index is 387. The number of rotatable bonds is 4. The van der Waals surface area contributed by atoms with Gasteiger partial charge in [0.2, 0.25) is 0 Å². The zero-order chi connectivity index (χ0) is 12.4. The van der Waals surface area contributed by atoms with Crippen molar-refractivity contribution in [1.82, 2.24) is 15.2 Å². The summed E-state index contributed by atoms with van der Waals surface area (Å²) in [5, 5.41) is 4.98. The fourth-order valence-corrected chi connectivity index (χ4v) is 2.59. The minimum atomic E-state index is 0.0953. The van der Waals surface area contributed by atoms with E-state index in [4.69, 9.17) is 22.2 Å². The molecule has 5 nitrogen and oxygen atoms in total. The first-order valence-corrected chi connectivity index (χ1v) is 6.27. The third kappa shape index (κ3) is 2.63. The number of nitrogens with one attached hydrogen (secondary N) is 1. The molecule has 0 radical (unpaired) electrons. The Balaban J connectivity index is 2.12. The van der Waals surface area contributed by atoms with Crippen molar-refractivity contribution in [3.05, 3.63) is 16.4 Å². The molecule has 0 amide bonds. The van der Waals surface area contributed by atoms with Crippen molar-refractivity contribution >= 4 is 11.6 Å². The fourth-order valence-electron chi connectivity index (χ4n) is 2.34. The van der Waals surface area contributed by atoms with E-state index >= 15 is 0 Å². The quantitative estimate of drug-likeness (QED) is 0.623. The van der Waals surface area contributed by atoms with E-state index in [2.05, 4.69) is 10.5 Å². The van der Waals surface area contributed by atoms with Crippen LogP contribution in [0.5, 0.6) is 0 Å². The molecule has 0 aliphatic carbocycles. The van der Waals surface area contributed by atoms with Crippen LogP contribution in [-0.2, 0) is 18.2 Å². The summed E-state index contributed by atoms with van der Waals surface area (Å²) in [6, 6.07) is 0.0953. The van der Waals surface area contributed by atoms with Gasteiger partial charge in [-0.15, -0.1) is 0 Å². The van der Waals surface area contributed by atoms with Gasteiger partial charge in [-0.05, 0) is 26.2 Å². The van der Waals surface area contributed by atoms with Gasteiger partial charge in [0.1, 0.15) is 5.15 Å². The average molecular weight is 259 g/mol. The molecule has 1 fully saturated rings. The number of nitrogens with two attached hydrogens (primary N) is 1. The lowest BCUT2D eigenvalue weighted by Crippen LogP contribution is -2.45. The van der Waals surface area contributed by atoms with Crippen LogP contribution in [0, 0.1) is 6.92 Å². The predicted molar refractivity (Wildman–Crippen MR) is 66.7 cm³/mol. The van der Waals surface area contributed by atoms with Crippen LogP contribution in [0.2, 0.25) is 5.15 Å². The van der Waals surface area contributed by atoms with Gasteiger partial charge in [-0.1, -0.05) is 11.6 Å². The summed E-state index contributed by atoms with van der Waals surface area (Å²) >= 11 is 6.21. The normalized spacial score (nSPS) is 22.0. The molecular formula is C11H19ClN4O. The van der Waals surface area contributed by atoms with Crippen LogP contribution in [0.1, 0.15) is 24.1 Å². The first-order chi connectivity index (χ1) is 8.13. The Labute approximate surface area is 106 Å². The fraction of sp³-hybridized carbons (Fsp3) is 0.727. The van der Waals surface area contributed by atoms with E-state index in [1.54, 1.807) is 4.68 Å². The van der Waals surface area contributed by atoms with E-state index in [-0.39, 0.29) is 12.1 Å². The van der Waals surface area contributed by atoms with Gasteiger partial charge in [-0.3, -0.25) is 16.0 Å². The van der Waals surface area contributed by atoms with Crippen LogP contribution in [0.3, 0.4) is 0 Å². The van der Waals surface area contributed by atoms with Crippen LogP contribution >= 0.6 is 11.6 Å². The maximum Gasteiger partial charge on any atom is 0.130 e. The van der Waals surface area contributed by atoms with E-state index < -0.39 is 0 Å². The number of aryl methyl sites for hydroxylation is 2. The zero-order valence-electron chi connectivity index (χ0n) is 10.2. The zero-order valence-corrected chi connectivity index (χ0v) is 11.0. The topological polar surface area (TPSA) is 65.1 Å². The van der Waals surface area contributed by atoms with Crippen molar-refractivity contribution < 1.29 is 4.74 Å². The maximum absolute atomic E-state index is 6.21. The number of halogens is 1. The van der Waals surface area contributed by atoms with Crippen molar-refractivity contribution in [2.24, 2.45) is 12.9 Å². The monoisotopic (exact) mass is 258 g/mol. The smallest absolute Gasteiger partial charge is 0.130 e. The number of ether oxygens (including phenoxy) is 1. The van der Waals surface area contributed by atoms with Crippen LogP contribution in [0.4, 0.5) is 0 Å². The van der Waals surface area contributed by atoms with Crippen LogP contribution < -0.4 is 11.3 Å². The van der Waals surface area contributed by atoms with Crippen molar-refractivity contribution in [2.45, 2.75) is 38.3 Å². The minimum absolute atomic E-state index is 0.0953. The molecule has 0 spiro atoms. The van der Waals surface area contributed by atoms with Gasteiger partial charge in [0.25, 0.3) is 0 Å². The molecule has 1 aromatic rings. The molecule has 2 heterocycles. The first-order valence-electron chi connectivity index (χ1n) is 5.89. The summed E-state index contributed by atoms with van der Waals surface area (Å²) in [7, 11) is 1.84. The van der Waals surface area contributed by atoms with Crippen molar-refractivity contribution in [3.8, 4) is 0 Å². The highest BCUT2D eigenvalue weighted by Gasteiger charge is 2.27. The Hall–Kier alpha value is -0.620. The van der Waals surface area contributed by atoms with E-state index in [0.29, 0.717) is 5.15 Å². The van der Waals surface area contributed by atoms with Crippen molar-refractivity contribution in [2.75, 3.05) is 6.61 Å². The van der Waals surface area contributed by atoms with E-state index in [1.807, 2.05) is 14.0 Å². The molecule has 1 aliphatic heterocycles. The van der Waals surface area contributed by atoms with Gasteiger partial charge in [-0.2, -0.15) is 5.10 Å². The van der Waals surface area contributed by atoms with Gasteiger partial charge < -0.3 is 4.74 Å². The van der Waals surface area contributed by atoms with Gasteiger partial charge in [0, 0.05) is 19.2 Å². The summed E-state index contributed by atoms with van der Waals surface area (Å²) < 4.78 is 7.34. The SMILES string of the molecule is Cc1nn(C)c(Cl)c1CC(NN)C1CCCO1. The summed E-state index contributed by atoms with van der Waals surface area (Å²) in [6.07, 6.45) is 3.07. The number of aromatic nitrogens is 2. The number of hydrogen-bond acceptors (Lipinski definition) is 4. The number of nitrogens with zero attached hydrogens (tertiary/aromatic N) is 2. The van der Waals surface area contributed by atoms with Crippen molar-refractivity contribution in [1.29, 1.82) is 0 Å². The molecule has 1 saturated heterocycles. The molecule has 17 heavy (non-hydrogen) atoms. The summed E-state index contributed by atoms with van der Waals surface area (Å²) in [6.45, 7) is 2.78. The highest BCUT2D eigenvalue weighted by Crippen LogP contribution is 2.24. The second kappa shape index (κ2) is 5.35. The summed E-state index contributed by atoms with van der Waals surface area (Å²) in [5.74, 6) is 5.61. The van der Waals surface area contributed by atoms with Crippen LogP contribution in [-0.4, -0.2) is 28.5 Å². The number of hydrazine groups is 1. The molecule has 0 aromatic carbocycles. The molecule has 3 N–H and O–H groups in total. The molecule has 2 unspecified atom stereocenters. The highest BCUT2D eigenvalue weighted by molar-refractivity contribution is 6.30. The molecule has 1 aromatic heterocycles. The molecule has 0 bridgehead atoms. The molecular weight excluding hydrogens is 240 g/mol. The molecule has 0 saturated carbocycles. The largest absolute Gasteiger partial charge is 0.377 e. The summed E-state index contributed by atoms with van der Waals surface area (Å²) in [5.41, 5.74) is 4.84. The van der Waals surface area contributed by atoms with Gasteiger partial charge in [0.15, 0.2) is 0 Å². The van der Waals surface area contributed by atoms with E-state index in [1.165, 1.54) is 0 Å². The summed E-state index contributed by atoms with van der Waals surface area (Å²) in [4.78, 5) is 0. The third-order valence-corrected chi connectivity index (χ3v) is 3.79. The highest BCUT2D eigenvalue weighted by atomic mass is 35.5. The molecule has 96 valence electrons. The maximum atomic E-state index is 6.21. The minimum Gasteiger partial charge on any atom is -0.377 e. The molecule has 2 atom stereocenters. The Morgan fingerprint density at radius 3 is 2.94 bits per heavy atom. The first kappa shape index (κ1) is 12.8. The van der Waals surface area contributed by atoms with Crippen LogP contribution in [0.25, 0.3) is 0 Å². The van der Waals surface area contributed by atoms with E-state index in [9.17, 15) is 0 Å². The Morgan fingerprint density at radius 1 is 1.71 bits per heavy atom. The van der Waals surface area contributed by atoms with Crippen molar-refractivity contribution in [3.63, 3.8) is 0 Å². The third-order valence-electron chi connectivity index (χ3n) is 3.32. The molecule has 2 rings (SSSR count). The predicted octanol–water partition coefficient (Wildman–Crippen LogP) is 0.935. The lowest BCUT2D eigenvalue weighted by Gasteiger charge is -2.21. The second-order valence-electron chi connectivity index (χ2n) is 4.51. The second-order valence-corrected chi connectivity index (χ2v) is 4.87. The van der Waals surface area contributed by atoms with Gasteiger partial charge >= 0.3 is 0 Å². The van der Waals surface area contributed by atoms with Gasteiger partial charge in [0.05, 0.1) is 17.8 Å². The van der Waals surface area contributed by atoms with Gasteiger partial charge in [-0.25, -0.2) is 0 Å².